The number of hydrogen-bond acceptors (Lipinski definition) is 1. The number of aromatic nitrogens is 1. The van der Waals surface area contributed by atoms with E-state index in [0.717, 1.165) is 5.69 Å². The Balaban J connectivity index is 2.33. The summed E-state index contributed by atoms with van der Waals surface area (Å²) in [6, 6.07) is 12.9. The average molecular weight is 241 g/mol. The third-order valence-electron chi connectivity index (χ3n) is 2.98. The van der Waals surface area contributed by atoms with Crippen molar-refractivity contribution in [2.45, 2.75) is 26.6 Å². The smallest absolute Gasteiger partial charge is 0.0796 e. The molecule has 1 aromatic carbocycles. The fourth-order valence-corrected chi connectivity index (χ4v) is 2.77. The van der Waals surface area contributed by atoms with Gasteiger partial charge in [0.1, 0.15) is 0 Å². The van der Waals surface area contributed by atoms with Crippen molar-refractivity contribution >= 4 is 13.3 Å². The van der Waals surface area contributed by atoms with Gasteiger partial charge >= 0.3 is 0 Å². The molecule has 1 aromatic heterocycles. The van der Waals surface area contributed by atoms with Gasteiger partial charge in [-0.05, 0) is 18.2 Å². The van der Waals surface area contributed by atoms with Crippen molar-refractivity contribution in [1.82, 2.24) is 4.98 Å². The fraction of sp³-hybridized carbons (Fsp3) is 0.267. The van der Waals surface area contributed by atoms with Crippen molar-refractivity contribution in [1.29, 1.82) is 0 Å². The molecule has 2 heteroatoms. The summed E-state index contributed by atoms with van der Waals surface area (Å²) >= 11 is 0. The van der Waals surface area contributed by atoms with Crippen LogP contribution in [0.2, 0.25) is 19.6 Å². The molecule has 0 saturated heterocycles. The van der Waals surface area contributed by atoms with Gasteiger partial charge in [0.05, 0.1) is 13.8 Å². The summed E-state index contributed by atoms with van der Waals surface area (Å²) in [5, 5.41) is 1.41. The lowest BCUT2D eigenvalue weighted by molar-refractivity contribution is 1.33. The average Bonchev–Trinajstić information content (AvgIpc) is 2.29. The SMILES string of the molecule is Cc1ccc(-c2ccc([Si](C)(C)C)cn2)cc1. The first-order valence-corrected chi connectivity index (χ1v) is 9.50. The van der Waals surface area contributed by atoms with E-state index in [1.165, 1.54) is 16.3 Å². The maximum atomic E-state index is 4.58. The lowest BCUT2D eigenvalue weighted by atomic mass is 10.1. The molecule has 88 valence electrons. The summed E-state index contributed by atoms with van der Waals surface area (Å²) in [4.78, 5) is 4.58. The summed E-state index contributed by atoms with van der Waals surface area (Å²) in [6.45, 7) is 9.13. The Morgan fingerprint density at radius 3 is 2.00 bits per heavy atom. The molecule has 0 unspecified atom stereocenters. The second-order valence-electron chi connectivity index (χ2n) is 5.55. The zero-order valence-electron chi connectivity index (χ0n) is 11.0. The van der Waals surface area contributed by atoms with Gasteiger partial charge in [-0.3, -0.25) is 4.98 Å². The maximum absolute atomic E-state index is 4.58. The van der Waals surface area contributed by atoms with Crippen LogP contribution in [0.3, 0.4) is 0 Å². The third kappa shape index (κ3) is 2.83. The van der Waals surface area contributed by atoms with E-state index in [1.54, 1.807) is 0 Å². The Bertz CT molecular complexity index is 492. The molecule has 17 heavy (non-hydrogen) atoms. The number of hydrogen-bond donors (Lipinski definition) is 0. The van der Waals surface area contributed by atoms with Gasteiger partial charge in [0.25, 0.3) is 0 Å². The summed E-state index contributed by atoms with van der Waals surface area (Å²) < 4.78 is 0. The number of benzene rings is 1. The standard InChI is InChI=1S/C15H19NSi/c1-12-5-7-13(8-6-12)15-10-9-14(11-16-15)17(2,3)4/h5-11H,1-4H3. The van der Waals surface area contributed by atoms with E-state index in [1.807, 2.05) is 6.20 Å². The highest BCUT2D eigenvalue weighted by molar-refractivity contribution is 6.88. The molecule has 0 N–H and O–H groups in total. The Hall–Kier alpha value is -1.41. The highest BCUT2D eigenvalue weighted by atomic mass is 28.3. The predicted octanol–water partition coefficient (Wildman–Crippen LogP) is 3.60. The van der Waals surface area contributed by atoms with Gasteiger partial charge in [-0.2, -0.15) is 0 Å². The summed E-state index contributed by atoms with van der Waals surface area (Å²) in [7, 11) is -1.23. The van der Waals surface area contributed by atoms with E-state index >= 15 is 0 Å². The lowest BCUT2D eigenvalue weighted by Crippen LogP contribution is -2.37. The molecule has 0 fully saturated rings. The molecule has 0 radical (unpaired) electrons. The summed E-state index contributed by atoms with van der Waals surface area (Å²) in [6.07, 6.45) is 2.04. The zero-order chi connectivity index (χ0) is 12.5. The minimum Gasteiger partial charge on any atom is -0.256 e. The Kier molecular flexibility index (Phi) is 3.16. The zero-order valence-corrected chi connectivity index (χ0v) is 12.0. The molecule has 1 nitrogen and oxygen atoms in total. The first-order valence-electron chi connectivity index (χ1n) is 6.00. The van der Waals surface area contributed by atoms with Crippen molar-refractivity contribution in [3.05, 3.63) is 48.2 Å². The lowest BCUT2D eigenvalue weighted by Gasteiger charge is -2.16. The number of aryl methyl sites for hydroxylation is 1. The van der Waals surface area contributed by atoms with Crippen LogP contribution in [0.15, 0.2) is 42.6 Å². The molecule has 1 heterocycles. The highest BCUT2D eigenvalue weighted by Crippen LogP contribution is 2.16. The van der Waals surface area contributed by atoms with Gasteiger partial charge < -0.3 is 0 Å². The van der Waals surface area contributed by atoms with Crippen LogP contribution in [0.25, 0.3) is 11.3 Å². The van der Waals surface area contributed by atoms with Crippen LogP contribution in [0, 0.1) is 6.92 Å². The van der Waals surface area contributed by atoms with Crippen LogP contribution in [-0.2, 0) is 0 Å². The van der Waals surface area contributed by atoms with Gasteiger partial charge in [-0.15, -0.1) is 0 Å². The monoisotopic (exact) mass is 241 g/mol. The van der Waals surface area contributed by atoms with E-state index in [9.17, 15) is 0 Å². The molecule has 0 aliphatic carbocycles. The highest BCUT2D eigenvalue weighted by Gasteiger charge is 2.16. The fourth-order valence-electron chi connectivity index (χ4n) is 1.73. The minimum absolute atomic E-state index is 1.06. The molecule has 0 spiro atoms. The van der Waals surface area contributed by atoms with Crippen LogP contribution >= 0.6 is 0 Å². The molecular weight excluding hydrogens is 222 g/mol. The molecule has 0 aliphatic rings. The number of nitrogens with zero attached hydrogens (tertiary/aromatic N) is 1. The first-order chi connectivity index (χ1) is 7.97. The quantitative estimate of drug-likeness (QED) is 0.732. The predicted molar refractivity (Wildman–Crippen MR) is 77.4 cm³/mol. The largest absolute Gasteiger partial charge is 0.256 e. The molecule has 0 bridgehead atoms. The van der Waals surface area contributed by atoms with Crippen LogP contribution in [0.1, 0.15) is 5.56 Å². The maximum Gasteiger partial charge on any atom is 0.0796 e. The molecule has 0 amide bonds. The number of pyridine rings is 1. The van der Waals surface area contributed by atoms with Crippen LogP contribution in [0.5, 0.6) is 0 Å². The van der Waals surface area contributed by atoms with Crippen molar-refractivity contribution in [2.24, 2.45) is 0 Å². The van der Waals surface area contributed by atoms with E-state index < -0.39 is 8.07 Å². The summed E-state index contributed by atoms with van der Waals surface area (Å²) in [5.74, 6) is 0. The van der Waals surface area contributed by atoms with Crippen LogP contribution in [0.4, 0.5) is 0 Å². The van der Waals surface area contributed by atoms with E-state index in [2.05, 4.69) is 67.9 Å². The van der Waals surface area contributed by atoms with Crippen molar-refractivity contribution in [3.8, 4) is 11.3 Å². The first kappa shape index (κ1) is 12.1. The van der Waals surface area contributed by atoms with Crippen molar-refractivity contribution < 1.29 is 0 Å². The third-order valence-corrected chi connectivity index (χ3v) is 5.00. The summed E-state index contributed by atoms with van der Waals surface area (Å²) in [5.41, 5.74) is 3.54. The van der Waals surface area contributed by atoms with Gasteiger partial charge in [0.2, 0.25) is 0 Å². The topological polar surface area (TPSA) is 12.9 Å². The van der Waals surface area contributed by atoms with E-state index in [0.29, 0.717) is 0 Å². The second kappa shape index (κ2) is 4.45. The van der Waals surface area contributed by atoms with Crippen molar-refractivity contribution in [3.63, 3.8) is 0 Å². The normalized spacial score (nSPS) is 11.5. The van der Waals surface area contributed by atoms with E-state index in [4.69, 9.17) is 0 Å². The van der Waals surface area contributed by atoms with E-state index in [-0.39, 0.29) is 0 Å². The molecule has 2 rings (SSSR count). The van der Waals surface area contributed by atoms with Crippen LogP contribution in [-0.4, -0.2) is 13.1 Å². The van der Waals surface area contributed by atoms with Gasteiger partial charge in [0.15, 0.2) is 0 Å². The Labute approximate surface area is 105 Å². The molecule has 0 aliphatic heterocycles. The second-order valence-corrected chi connectivity index (χ2v) is 10.6. The number of rotatable bonds is 2. The molecule has 0 saturated carbocycles. The minimum atomic E-state index is -1.23. The van der Waals surface area contributed by atoms with Gasteiger partial charge in [-0.1, -0.05) is 55.5 Å². The van der Waals surface area contributed by atoms with Gasteiger partial charge in [0, 0.05) is 11.8 Å². The Morgan fingerprint density at radius 1 is 0.882 bits per heavy atom. The van der Waals surface area contributed by atoms with Gasteiger partial charge in [-0.25, -0.2) is 0 Å². The Morgan fingerprint density at radius 2 is 1.53 bits per heavy atom. The van der Waals surface area contributed by atoms with Crippen LogP contribution < -0.4 is 5.19 Å². The van der Waals surface area contributed by atoms with Crippen molar-refractivity contribution in [2.75, 3.05) is 0 Å². The molecular formula is C15H19NSi. The molecule has 2 aromatic rings. The molecule has 0 atom stereocenters.